The lowest BCUT2D eigenvalue weighted by Gasteiger charge is -1.96. The van der Waals surface area contributed by atoms with Gasteiger partial charge in [-0.1, -0.05) is 12.1 Å². The molecule has 0 saturated carbocycles. The quantitative estimate of drug-likeness (QED) is 0.414. The molecule has 0 heterocycles. The Morgan fingerprint density at radius 3 is 2.58 bits per heavy atom. The largest absolute Gasteiger partial charge is 0.324 e. The fourth-order valence-electron chi connectivity index (χ4n) is 0.957. The second-order valence-corrected chi connectivity index (χ2v) is 2.50. The number of rotatable bonds is 3. The van der Waals surface area contributed by atoms with Gasteiger partial charge in [0.1, 0.15) is 5.82 Å². The van der Waals surface area contributed by atoms with Gasteiger partial charge in [-0.3, -0.25) is 0 Å². The van der Waals surface area contributed by atoms with E-state index in [9.17, 15) is 4.39 Å². The van der Waals surface area contributed by atoms with Crippen LogP contribution in [-0.2, 0) is 6.42 Å². The monoisotopic (exact) mass is 166 g/mol. The third-order valence-corrected chi connectivity index (χ3v) is 1.58. The molecule has 0 aliphatic heterocycles. The first-order valence-corrected chi connectivity index (χ1v) is 3.79. The molecule has 0 bridgehead atoms. The average Bonchev–Trinajstić information content (AvgIpc) is 2.09. The molecule has 2 N–H and O–H groups in total. The maximum absolute atomic E-state index is 12.4. The van der Waals surface area contributed by atoms with Gasteiger partial charge in [0.15, 0.2) is 0 Å². The molecule has 0 atom stereocenters. The molecule has 0 aromatic heterocycles. The van der Waals surface area contributed by atoms with E-state index < -0.39 is 0 Å². The van der Waals surface area contributed by atoms with Crippen LogP contribution in [0.15, 0.2) is 29.4 Å². The zero-order chi connectivity index (χ0) is 8.81. The van der Waals surface area contributed by atoms with Gasteiger partial charge >= 0.3 is 0 Å². The number of aryl methyl sites for hydroxylation is 1. The standard InChI is InChI=1S/C9H11FN2/c10-9-5-3-8(4-6-9)2-1-7-12-11/h3-7H,1-2,11H2/b12-7+. The van der Waals surface area contributed by atoms with Crippen molar-refractivity contribution >= 4 is 6.21 Å². The fraction of sp³-hybridized carbons (Fsp3) is 0.222. The number of benzene rings is 1. The molecule has 0 unspecified atom stereocenters. The van der Waals surface area contributed by atoms with Gasteiger partial charge in [0.05, 0.1) is 0 Å². The van der Waals surface area contributed by atoms with Crippen LogP contribution >= 0.6 is 0 Å². The lowest BCUT2D eigenvalue weighted by molar-refractivity contribution is 0.627. The molecule has 64 valence electrons. The molecule has 0 aliphatic rings. The highest BCUT2D eigenvalue weighted by molar-refractivity contribution is 5.57. The smallest absolute Gasteiger partial charge is 0.123 e. The summed E-state index contributed by atoms with van der Waals surface area (Å²) in [5, 5.41) is 3.37. The summed E-state index contributed by atoms with van der Waals surface area (Å²) in [5.74, 6) is 4.72. The summed E-state index contributed by atoms with van der Waals surface area (Å²) in [7, 11) is 0. The normalized spacial score (nSPS) is 10.8. The van der Waals surface area contributed by atoms with Gasteiger partial charge in [-0.15, -0.1) is 0 Å². The predicted octanol–water partition coefficient (Wildman–Crippen LogP) is 1.70. The van der Waals surface area contributed by atoms with Crippen molar-refractivity contribution in [3.8, 4) is 0 Å². The van der Waals surface area contributed by atoms with Crippen molar-refractivity contribution < 1.29 is 4.39 Å². The Kier molecular flexibility index (Phi) is 3.26. The second-order valence-electron chi connectivity index (χ2n) is 2.50. The average molecular weight is 166 g/mol. The molecular formula is C9H11FN2. The SMILES string of the molecule is N/N=C/CCc1ccc(F)cc1. The second kappa shape index (κ2) is 4.49. The first-order chi connectivity index (χ1) is 5.83. The van der Waals surface area contributed by atoms with Crippen molar-refractivity contribution in [2.75, 3.05) is 0 Å². The third-order valence-electron chi connectivity index (χ3n) is 1.58. The van der Waals surface area contributed by atoms with Crippen LogP contribution in [0.2, 0.25) is 0 Å². The first kappa shape index (κ1) is 8.71. The topological polar surface area (TPSA) is 38.4 Å². The van der Waals surface area contributed by atoms with Crippen LogP contribution in [0, 0.1) is 5.82 Å². The van der Waals surface area contributed by atoms with E-state index >= 15 is 0 Å². The summed E-state index contributed by atoms with van der Waals surface area (Å²) in [5.41, 5.74) is 1.09. The Hall–Kier alpha value is -1.38. The van der Waals surface area contributed by atoms with Crippen molar-refractivity contribution in [2.24, 2.45) is 10.9 Å². The van der Waals surface area contributed by atoms with Crippen LogP contribution in [0.4, 0.5) is 4.39 Å². The van der Waals surface area contributed by atoms with Gasteiger partial charge in [-0.05, 0) is 30.5 Å². The maximum atomic E-state index is 12.4. The molecule has 0 saturated heterocycles. The maximum Gasteiger partial charge on any atom is 0.123 e. The number of nitrogens with zero attached hydrogens (tertiary/aromatic N) is 1. The summed E-state index contributed by atoms with van der Waals surface area (Å²) in [6.07, 6.45) is 3.28. The predicted molar refractivity (Wildman–Crippen MR) is 47.4 cm³/mol. The van der Waals surface area contributed by atoms with Crippen LogP contribution in [0.25, 0.3) is 0 Å². The molecule has 0 amide bonds. The molecule has 12 heavy (non-hydrogen) atoms. The lowest BCUT2D eigenvalue weighted by atomic mass is 10.1. The van der Waals surface area contributed by atoms with Gasteiger partial charge < -0.3 is 5.84 Å². The Bertz CT molecular complexity index is 254. The van der Waals surface area contributed by atoms with Crippen molar-refractivity contribution in [2.45, 2.75) is 12.8 Å². The Morgan fingerprint density at radius 2 is 2.00 bits per heavy atom. The van der Waals surface area contributed by atoms with Crippen LogP contribution in [-0.4, -0.2) is 6.21 Å². The molecular weight excluding hydrogens is 155 g/mol. The fourth-order valence-corrected chi connectivity index (χ4v) is 0.957. The molecule has 1 aromatic rings. The summed E-state index contributed by atoms with van der Waals surface area (Å²) >= 11 is 0. The Balaban J connectivity index is 2.47. The minimum absolute atomic E-state index is 0.203. The van der Waals surface area contributed by atoms with E-state index in [-0.39, 0.29) is 5.82 Å². The van der Waals surface area contributed by atoms with Gasteiger partial charge in [-0.25, -0.2) is 4.39 Å². The van der Waals surface area contributed by atoms with E-state index in [1.165, 1.54) is 12.1 Å². The van der Waals surface area contributed by atoms with Gasteiger partial charge in [0.25, 0.3) is 0 Å². The van der Waals surface area contributed by atoms with Crippen LogP contribution in [0.5, 0.6) is 0 Å². The highest BCUT2D eigenvalue weighted by atomic mass is 19.1. The van der Waals surface area contributed by atoms with E-state index in [1.807, 2.05) is 0 Å². The number of hydrazone groups is 1. The molecule has 2 nitrogen and oxygen atoms in total. The highest BCUT2D eigenvalue weighted by Gasteiger charge is 1.91. The van der Waals surface area contributed by atoms with E-state index in [0.717, 1.165) is 18.4 Å². The number of halogens is 1. The van der Waals surface area contributed by atoms with E-state index in [4.69, 9.17) is 5.84 Å². The summed E-state index contributed by atoms with van der Waals surface area (Å²) in [6, 6.07) is 6.43. The van der Waals surface area contributed by atoms with Gasteiger partial charge in [0.2, 0.25) is 0 Å². The summed E-state index contributed by atoms with van der Waals surface area (Å²) in [6.45, 7) is 0. The van der Waals surface area contributed by atoms with E-state index in [1.54, 1.807) is 18.3 Å². The lowest BCUT2D eigenvalue weighted by Crippen LogP contribution is -1.88. The van der Waals surface area contributed by atoms with Gasteiger partial charge in [-0.2, -0.15) is 5.10 Å². The van der Waals surface area contributed by atoms with Crippen molar-refractivity contribution in [3.05, 3.63) is 35.6 Å². The molecule has 0 spiro atoms. The van der Waals surface area contributed by atoms with Gasteiger partial charge in [0, 0.05) is 6.21 Å². The van der Waals surface area contributed by atoms with E-state index in [0.29, 0.717) is 0 Å². The Labute approximate surface area is 70.9 Å². The summed E-state index contributed by atoms with van der Waals surface area (Å²) < 4.78 is 12.4. The number of hydrogen-bond donors (Lipinski definition) is 1. The number of hydrogen-bond acceptors (Lipinski definition) is 2. The molecule has 0 aliphatic carbocycles. The van der Waals surface area contributed by atoms with Crippen molar-refractivity contribution in [1.82, 2.24) is 0 Å². The van der Waals surface area contributed by atoms with E-state index in [2.05, 4.69) is 5.10 Å². The zero-order valence-electron chi connectivity index (χ0n) is 6.70. The molecule has 3 heteroatoms. The molecule has 1 rings (SSSR count). The highest BCUT2D eigenvalue weighted by Crippen LogP contribution is 2.04. The van der Waals surface area contributed by atoms with Crippen molar-refractivity contribution in [3.63, 3.8) is 0 Å². The van der Waals surface area contributed by atoms with Crippen LogP contribution in [0.1, 0.15) is 12.0 Å². The molecule has 1 aromatic carbocycles. The van der Waals surface area contributed by atoms with Crippen molar-refractivity contribution in [1.29, 1.82) is 0 Å². The minimum atomic E-state index is -0.203. The zero-order valence-corrected chi connectivity index (χ0v) is 6.70. The van der Waals surface area contributed by atoms with Crippen LogP contribution < -0.4 is 5.84 Å². The number of nitrogens with two attached hydrogens (primary N) is 1. The first-order valence-electron chi connectivity index (χ1n) is 3.79. The van der Waals surface area contributed by atoms with Crippen LogP contribution in [0.3, 0.4) is 0 Å². The molecule has 0 fully saturated rings. The molecule has 0 radical (unpaired) electrons. The Morgan fingerprint density at radius 1 is 1.33 bits per heavy atom. The minimum Gasteiger partial charge on any atom is -0.324 e. The summed E-state index contributed by atoms with van der Waals surface area (Å²) in [4.78, 5) is 0. The third kappa shape index (κ3) is 2.70.